The van der Waals surface area contributed by atoms with E-state index in [4.69, 9.17) is 4.74 Å². The lowest BCUT2D eigenvalue weighted by Crippen LogP contribution is -2.39. The molecule has 2 aliphatic rings. The average molecular weight is 430 g/mol. The van der Waals surface area contributed by atoms with Gasteiger partial charge in [-0.15, -0.1) is 24.0 Å². The maximum atomic E-state index is 5.72. The zero-order chi connectivity index (χ0) is 15.4. The quantitative estimate of drug-likeness (QED) is 0.397. The molecule has 2 atom stereocenters. The minimum Gasteiger partial charge on any atom is -0.477 e. The van der Waals surface area contributed by atoms with Gasteiger partial charge in [0.15, 0.2) is 5.96 Å². The first-order valence-electron chi connectivity index (χ1n) is 8.37. The van der Waals surface area contributed by atoms with E-state index in [-0.39, 0.29) is 24.0 Å². The molecule has 1 aromatic rings. The van der Waals surface area contributed by atoms with Crippen LogP contribution >= 0.6 is 24.0 Å². The third-order valence-electron chi connectivity index (χ3n) is 4.16. The van der Waals surface area contributed by atoms with Crippen molar-refractivity contribution in [1.82, 2.24) is 15.6 Å². The van der Waals surface area contributed by atoms with Gasteiger partial charge in [0.05, 0.1) is 13.2 Å². The van der Waals surface area contributed by atoms with E-state index in [2.05, 4.69) is 34.5 Å². The van der Waals surface area contributed by atoms with E-state index in [0.717, 1.165) is 36.5 Å². The van der Waals surface area contributed by atoms with Crippen LogP contribution in [0.2, 0.25) is 0 Å². The molecule has 2 N–H and O–H groups in total. The van der Waals surface area contributed by atoms with E-state index in [9.17, 15) is 0 Å². The molecule has 1 heterocycles. The summed E-state index contributed by atoms with van der Waals surface area (Å²) in [4.78, 5) is 8.93. The van der Waals surface area contributed by atoms with Crippen molar-refractivity contribution in [3.05, 3.63) is 23.9 Å². The highest BCUT2D eigenvalue weighted by molar-refractivity contribution is 14.0. The van der Waals surface area contributed by atoms with Gasteiger partial charge in [-0.05, 0) is 49.7 Å². The lowest BCUT2D eigenvalue weighted by molar-refractivity contribution is 0.288. The second-order valence-corrected chi connectivity index (χ2v) is 6.42. The summed E-state index contributed by atoms with van der Waals surface area (Å²) in [5.74, 6) is 3.11. The molecule has 2 aliphatic carbocycles. The Labute approximate surface area is 155 Å². The number of hydrogen-bond acceptors (Lipinski definition) is 3. The van der Waals surface area contributed by atoms with Crippen molar-refractivity contribution >= 4 is 29.9 Å². The molecule has 1 aromatic heterocycles. The molecule has 23 heavy (non-hydrogen) atoms. The van der Waals surface area contributed by atoms with Crippen LogP contribution < -0.4 is 15.4 Å². The topological polar surface area (TPSA) is 58.5 Å². The Kier molecular flexibility index (Phi) is 6.92. The van der Waals surface area contributed by atoms with Gasteiger partial charge in [-0.3, -0.25) is 0 Å². The lowest BCUT2D eigenvalue weighted by Gasteiger charge is -2.11. The number of hydrogen-bond donors (Lipinski definition) is 2. The number of aromatic nitrogens is 1. The Morgan fingerprint density at radius 3 is 2.87 bits per heavy atom. The van der Waals surface area contributed by atoms with Gasteiger partial charge in [0.2, 0.25) is 5.88 Å². The molecule has 0 bridgehead atoms. The monoisotopic (exact) mass is 430 g/mol. The predicted octanol–water partition coefficient (Wildman–Crippen LogP) is 2.95. The average Bonchev–Trinajstić information content (AvgIpc) is 3.43. The molecular formula is C17H27IN4O. The van der Waals surface area contributed by atoms with Crippen molar-refractivity contribution in [1.29, 1.82) is 0 Å². The standard InChI is InChI=1S/C17H26N4O.HI/c1-3-18-17(21-15-8-12(15)2)20-10-14-6-7-19-16(9-14)22-11-13-4-5-13;/h6-7,9,12-13,15H,3-5,8,10-11H2,1-2H3,(H2,18,20,21);1H. The molecule has 6 heteroatoms. The number of aliphatic imine (C=N–C) groups is 1. The van der Waals surface area contributed by atoms with Gasteiger partial charge in [0.1, 0.15) is 0 Å². The maximum absolute atomic E-state index is 5.72. The van der Waals surface area contributed by atoms with Gasteiger partial charge >= 0.3 is 0 Å². The molecule has 0 amide bonds. The molecule has 0 saturated heterocycles. The van der Waals surface area contributed by atoms with E-state index in [1.54, 1.807) is 6.20 Å². The van der Waals surface area contributed by atoms with Crippen LogP contribution in [-0.4, -0.2) is 30.1 Å². The fourth-order valence-electron chi connectivity index (χ4n) is 2.30. The first kappa shape index (κ1) is 18.3. The second-order valence-electron chi connectivity index (χ2n) is 6.42. The first-order chi connectivity index (χ1) is 10.7. The second kappa shape index (κ2) is 8.70. The Morgan fingerprint density at radius 1 is 1.43 bits per heavy atom. The first-order valence-corrected chi connectivity index (χ1v) is 8.37. The highest BCUT2D eigenvalue weighted by Gasteiger charge is 2.33. The minimum atomic E-state index is 0. The molecular weight excluding hydrogens is 403 g/mol. The Bertz CT molecular complexity index is 533. The fourth-order valence-corrected chi connectivity index (χ4v) is 2.30. The number of nitrogens with zero attached hydrogens (tertiary/aromatic N) is 2. The normalized spacial score (nSPS) is 23.0. The smallest absolute Gasteiger partial charge is 0.213 e. The van der Waals surface area contributed by atoms with Crippen molar-refractivity contribution in [3.63, 3.8) is 0 Å². The van der Waals surface area contributed by atoms with Crippen LogP contribution in [0.5, 0.6) is 5.88 Å². The molecule has 2 unspecified atom stereocenters. The van der Waals surface area contributed by atoms with Gasteiger partial charge in [-0.2, -0.15) is 0 Å². The van der Waals surface area contributed by atoms with Crippen molar-refractivity contribution < 1.29 is 4.74 Å². The predicted molar refractivity (Wildman–Crippen MR) is 103 cm³/mol. The van der Waals surface area contributed by atoms with Gasteiger partial charge in [-0.25, -0.2) is 9.98 Å². The molecule has 2 fully saturated rings. The molecule has 0 aromatic carbocycles. The number of ether oxygens (including phenoxy) is 1. The summed E-state index contributed by atoms with van der Waals surface area (Å²) in [7, 11) is 0. The van der Waals surface area contributed by atoms with E-state index in [0.29, 0.717) is 18.5 Å². The lowest BCUT2D eigenvalue weighted by atomic mass is 10.3. The molecule has 128 valence electrons. The van der Waals surface area contributed by atoms with E-state index in [1.165, 1.54) is 19.3 Å². The molecule has 3 rings (SSSR count). The van der Waals surface area contributed by atoms with Gasteiger partial charge in [-0.1, -0.05) is 6.92 Å². The maximum Gasteiger partial charge on any atom is 0.213 e. The van der Waals surface area contributed by atoms with Crippen molar-refractivity contribution in [2.24, 2.45) is 16.8 Å². The number of rotatable bonds is 7. The summed E-state index contributed by atoms with van der Waals surface area (Å²) in [6.45, 7) is 6.65. The van der Waals surface area contributed by atoms with Gasteiger partial charge < -0.3 is 15.4 Å². The number of nitrogens with one attached hydrogen (secondary N) is 2. The third-order valence-corrected chi connectivity index (χ3v) is 4.16. The van der Waals surface area contributed by atoms with E-state index < -0.39 is 0 Å². The van der Waals surface area contributed by atoms with Crippen LogP contribution in [0.1, 0.15) is 38.7 Å². The van der Waals surface area contributed by atoms with E-state index in [1.807, 2.05) is 12.1 Å². The van der Waals surface area contributed by atoms with Crippen LogP contribution in [0.25, 0.3) is 0 Å². The highest BCUT2D eigenvalue weighted by Crippen LogP contribution is 2.29. The number of guanidine groups is 1. The molecule has 2 saturated carbocycles. The van der Waals surface area contributed by atoms with Crippen molar-refractivity contribution in [2.75, 3.05) is 13.2 Å². The summed E-state index contributed by atoms with van der Waals surface area (Å²) < 4.78 is 5.72. The van der Waals surface area contributed by atoms with E-state index >= 15 is 0 Å². The number of pyridine rings is 1. The highest BCUT2D eigenvalue weighted by atomic mass is 127. The Balaban J connectivity index is 0.00000192. The van der Waals surface area contributed by atoms with Crippen LogP contribution in [0, 0.1) is 11.8 Å². The zero-order valence-corrected chi connectivity index (χ0v) is 16.2. The summed E-state index contributed by atoms with van der Waals surface area (Å²) in [5, 5.41) is 6.77. The summed E-state index contributed by atoms with van der Waals surface area (Å²) in [5.41, 5.74) is 1.13. The van der Waals surface area contributed by atoms with Crippen LogP contribution in [0.3, 0.4) is 0 Å². The van der Waals surface area contributed by atoms with Gasteiger partial charge in [0, 0.05) is 24.8 Å². The third kappa shape index (κ3) is 6.16. The Morgan fingerprint density at radius 2 is 2.22 bits per heavy atom. The number of halogens is 1. The largest absolute Gasteiger partial charge is 0.477 e. The van der Waals surface area contributed by atoms with Crippen LogP contribution in [0.4, 0.5) is 0 Å². The molecule has 0 spiro atoms. The Hall–Kier alpha value is -1.05. The summed E-state index contributed by atoms with van der Waals surface area (Å²) in [6, 6.07) is 4.57. The van der Waals surface area contributed by atoms with Gasteiger partial charge in [0.25, 0.3) is 0 Å². The molecule has 0 radical (unpaired) electrons. The SMILES string of the molecule is CCNC(=NCc1ccnc(OCC2CC2)c1)NC1CC1C.I. The minimum absolute atomic E-state index is 0. The molecule has 5 nitrogen and oxygen atoms in total. The summed E-state index contributed by atoms with van der Waals surface area (Å²) in [6.07, 6.45) is 5.62. The van der Waals surface area contributed by atoms with Crippen molar-refractivity contribution in [2.45, 2.75) is 45.7 Å². The van der Waals surface area contributed by atoms with Crippen LogP contribution in [0.15, 0.2) is 23.3 Å². The van der Waals surface area contributed by atoms with Crippen molar-refractivity contribution in [3.8, 4) is 5.88 Å². The summed E-state index contributed by atoms with van der Waals surface area (Å²) >= 11 is 0. The van der Waals surface area contributed by atoms with Crippen LogP contribution in [-0.2, 0) is 6.54 Å². The zero-order valence-electron chi connectivity index (χ0n) is 13.9. The molecule has 0 aliphatic heterocycles. The fraction of sp³-hybridized carbons (Fsp3) is 0.647.